The number of carbonyl (C=O) groups is 1. The molecule has 5 heteroatoms. The Bertz CT molecular complexity index is 313. The van der Waals surface area contributed by atoms with Gasteiger partial charge in [-0.1, -0.05) is 0 Å². The van der Waals surface area contributed by atoms with Gasteiger partial charge in [-0.05, 0) is 6.92 Å². The number of likely N-dealkylation sites (N-methyl/N-ethyl adjacent to an activating group) is 1. The van der Waals surface area contributed by atoms with E-state index in [2.05, 4.69) is 4.98 Å². The van der Waals surface area contributed by atoms with Crippen LogP contribution in [0.2, 0.25) is 0 Å². The molecule has 1 amide bonds. The number of ether oxygens (including phenoxy) is 1. The molecule has 1 aliphatic heterocycles. The third-order valence-electron chi connectivity index (χ3n) is 2.34. The van der Waals surface area contributed by atoms with Crippen LogP contribution in [0.3, 0.4) is 0 Å². The second-order valence-electron chi connectivity index (χ2n) is 3.20. The number of aromatic nitrogens is 1. The van der Waals surface area contributed by atoms with E-state index in [9.17, 15) is 4.79 Å². The van der Waals surface area contributed by atoms with Crippen LogP contribution in [0.5, 0.6) is 0 Å². The molecule has 14 heavy (non-hydrogen) atoms. The second kappa shape index (κ2) is 3.96. The molecule has 0 N–H and O–H groups in total. The van der Waals surface area contributed by atoms with Crippen molar-refractivity contribution in [1.29, 1.82) is 0 Å². The van der Waals surface area contributed by atoms with Gasteiger partial charge in [0.1, 0.15) is 6.61 Å². The minimum atomic E-state index is -0.201. The highest BCUT2D eigenvalue weighted by Crippen LogP contribution is 2.16. The average Bonchev–Trinajstić information content (AvgIpc) is 2.77. The largest absolute Gasteiger partial charge is 0.447 e. The van der Waals surface area contributed by atoms with Crippen LogP contribution in [0, 0.1) is 0 Å². The third-order valence-corrected chi connectivity index (χ3v) is 2.98. The van der Waals surface area contributed by atoms with E-state index >= 15 is 0 Å². The maximum atomic E-state index is 11.2. The zero-order chi connectivity index (χ0) is 9.97. The third kappa shape index (κ3) is 1.72. The van der Waals surface area contributed by atoms with Crippen LogP contribution in [0.4, 0.5) is 4.79 Å². The Morgan fingerprint density at radius 3 is 3.29 bits per heavy atom. The van der Waals surface area contributed by atoms with E-state index in [0.29, 0.717) is 13.2 Å². The van der Waals surface area contributed by atoms with Crippen LogP contribution in [0.1, 0.15) is 12.6 Å². The summed E-state index contributed by atoms with van der Waals surface area (Å²) in [6.07, 6.45) is 0.594. The highest BCUT2D eigenvalue weighted by atomic mass is 32.1. The first-order chi connectivity index (χ1) is 6.81. The number of hydrogen-bond donors (Lipinski definition) is 0. The molecule has 0 aromatic carbocycles. The zero-order valence-electron chi connectivity index (χ0n) is 7.97. The maximum absolute atomic E-state index is 11.2. The van der Waals surface area contributed by atoms with Crippen molar-refractivity contribution in [3.63, 3.8) is 0 Å². The Hall–Kier alpha value is -1.10. The quantitative estimate of drug-likeness (QED) is 0.763. The molecule has 1 aliphatic rings. The molecule has 2 rings (SSSR count). The molecule has 1 fully saturated rings. The molecule has 1 aromatic rings. The molecule has 0 spiro atoms. The highest BCUT2D eigenvalue weighted by Gasteiger charge is 2.31. The lowest BCUT2D eigenvalue weighted by Gasteiger charge is -2.18. The standard InChI is InChI=1S/C9H12N2O2S/c1-2-11-8(4-13-9(11)12)3-7-5-14-6-10-7/h5-6,8H,2-4H2,1H3. The Kier molecular flexibility index (Phi) is 2.67. The van der Waals surface area contributed by atoms with Crippen LogP contribution >= 0.6 is 11.3 Å². The maximum Gasteiger partial charge on any atom is 0.410 e. The minimum absolute atomic E-state index is 0.162. The molecule has 2 heterocycles. The van der Waals surface area contributed by atoms with Crippen LogP contribution < -0.4 is 0 Å². The molecule has 0 aliphatic carbocycles. The number of amides is 1. The van der Waals surface area contributed by atoms with Gasteiger partial charge in [0.25, 0.3) is 0 Å². The van der Waals surface area contributed by atoms with E-state index in [-0.39, 0.29) is 12.1 Å². The summed E-state index contributed by atoms with van der Waals surface area (Å²) in [6, 6.07) is 0.162. The summed E-state index contributed by atoms with van der Waals surface area (Å²) < 4.78 is 4.98. The number of thiazole rings is 1. The van der Waals surface area contributed by atoms with Gasteiger partial charge in [-0.15, -0.1) is 11.3 Å². The van der Waals surface area contributed by atoms with E-state index in [1.54, 1.807) is 16.2 Å². The fraction of sp³-hybridized carbons (Fsp3) is 0.556. The summed E-state index contributed by atoms with van der Waals surface area (Å²) in [4.78, 5) is 17.2. The number of cyclic esters (lactones) is 1. The van der Waals surface area contributed by atoms with Crippen LogP contribution in [-0.4, -0.2) is 35.2 Å². The molecule has 1 atom stereocenters. The SMILES string of the molecule is CCN1C(=O)OCC1Cc1cscn1. The summed E-state index contributed by atoms with van der Waals surface area (Å²) in [5.74, 6) is 0. The number of carbonyl (C=O) groups excluding carboxylic acids is 1. The molecular weight excluding hydrogens is 200 g/mol. The zero-order valence-corrected chi connectivity index (χ0v) is 8.79. The first-order valence-electron chi connectivity index (χ1n) is 4.61. The van der Waals surface area contributed by atoms with Crippen molar-refractivity contribution >= 4 is 17.4 Å². The van der Waals surface area contributed by atoms with Gasteiger partial charge >= 0.3 is 6.09 Å². The van der Waals surface area contributed by atoms with Gasteiger partial charge in [0, 0.05) is 18.3 Å². The molecule has 1 unspecified atom stereocenters. The lowest BCUT2D eigenvalue weighted by molar-refractivity contribution is 0.159. The Labute approximate surface area is 86.5 Å². The van der Waals surface area contributed by atoms with Crippen molar-refractivity contribution in [3.8, 4) is 0 Å². The Morgan fingerprint density at radius 1 is 1.79 bits per heavy atom. The smallest absolute Gasteiger partial charge is 0.410 e. The van der Waals surface area contributed by atoms with E-state index < -0.39 is 0 Å². The molecular formula is C9H12N2O2S. The molecule has 0 saturated carbocycles. The van der Waals surface area contributed by atoms with Crippen molar-refractivity contribution in [2.75, 3.05) is 13.2 Å². The number of nitrogens with zero attached hydrogens (tertiary/aromatic N) is 2. The molecule has 0 bridgehead atoms. The molecule has 76 valence electrons. The van der Waals surface area contributed by atoms with Gasteiger partial charge in [0.2, 0.25) is 0 Å². The van der Waals surface area contributed by atoms with Gasteiger partial charge in [-0.2, -0.15) is 0 Å². The van der Waals surface area contributed by atoms with E-state index in [4.69, 9.17) is 4.74 Å². The van der Waals surface area contributed by atoms with Crippen LogP contribution in [-0.2, 0) is 11.2 Å². The monoisotopic (exact) mass is 212 g/mol. The van der Waals surface area contributed by atoms with E-state index in [1.807, 2.05) is 17.8 Å². The normalized spacial score (nSPS) is 21.4. The molecule has 0 radical (unpaired) electrons. The summed E-state index contributed by atoms with van der Waals surface area (Å²) in [5.41, 5.74) is 2.85. The molecule has 1 aromatic heterocycles. The Morgan fingerprint density at radius 2 is 2.64 bits per heavy atom. The van der Waals surface area contributed by atoms with Gasteiger partial charge in [-0.3, -0.25) is 0 Å². The summed E-state index contributed by atoms with van der Waals surface area (Å²) >= 11 is 1.58. The fourth-order valence-electron chi connectivity index (χ4n) is 1.63. The van der Waals surface area contributed by atoms with Gasteiger partial charge in [0.15, 0.2) is 0 Å². The topological polar surface area (TPSA) is 42.4 Å². The summed E-state index contributed by atoms with van der Waals surface area (Å²) in [7, 11) is 0. The Balaban J connectivity index is 2.01. The van der Waals surface area contributed by atoms with Crippen molar-refractivity contribution in [1.82, 2.24) is 9.88 Å². The van der Waals surface area contributed by atoms with Crippen molar-refractivity contribution in [3.05, 3.63) is 16.6 Å². The van der Waals surface area contributed by atoms with Crippen molar-refractivity contribution in [2.24, 2.45) is 0 Å². The molecule has 1 saturated heterocycles. The average molecular weight is 212 g/mol. The summed E-state index contributed by atoms with van der Waals surface area (Å²) in [5, 5.41) is 2.01. The van der Waals surface area contributed by atoms with Crippen LogP contribution in [0.25, 0.3) is 0 Å². The predicted molar refractivity (Wildman–Crippen MR) is 53.3 cm³/mol. The predicted octanol–water partition coefficient (Wildman–Crippen LogP) is 1.53. The molecule has 4 nitrogen and oxygen atoms in total. The van der Waals surface area contributed by atoms with Gasteiger partial charge in [-0.25, -0.2) is 9.78 Å². The summed E-state index contributed by atoms with van der Waals surface area (Å²) in [6.45, 7) is 3.15. The van der Waals surface area contributed by atoms with E-state index in [1.165, 1.54) is 0 Å². The highest BCUT2D eigenvalue weighted by molar-refractivity contribution is 7.07. The minimum Gasteiger partial charge on any atom is -0.447 e. The van der Waals surface area contributed by atoms with Crippen LogP contribution in [0.15, 0.2) is 10.9 Å². The van der Waals surface area contributed by atoms with Crippen molar-refractivity contribution in [2.45, 2.75) is 19.4 Å². The first kappa shape index (κ1) is 9.45. The number of hydrogen-bond acceptors (Lipinski definition) is 4. The first-order valence-corrected chi connectivity index (χ1v) is 5.56. The fourth-order valence-corrected chi connectivity index (χ4v) is 2.20. The lowest BCUT2D eigenvalue weighted by Crippen LogP contribution is -2.34. The number of rotatable bonds is 3. The second-order valence-corrected chi connectivity index (χ2v) is 3.92. The van der Waals surface area contributed by atoms with E-state index in [0.717, 1.165) is 12.1 Å². The van der Waals surface area contributed by atoms with Crippen molar-refractivity contribution < 1.29 is 9.53 Å². The lowest BCUT2D eigenvalue weighted by atomic mass is 10.1. The van der Waals surface area contributed by atoms with Gasteiger partial charge < -0.3 is 9.64 Å². The van der Waals surface area contributed by atoms with Gasteiger partial charge in [0.05, 0.1) is 17.2 Å².